The number of likely N-dealkylation sites (N-methyl/N-ethyl adjacent to an activating group) is 1. The van der Waals surface area contributed by atoms with Gasteiger partial charge in [-0.3, -0.25) is 14.2 Å². The highest BCUT2D eigenvalue weighted by atomic mass is 31.2. The van der Waals surface area contributed by atoms with Gasteiger partial charge < -0.3 is 28.5 Å². The van der Waals surface area contributed by atoms with Gasteiger partial charge in [0.05, 0.1) is 33.8 Å². The quantitative estimate of drug-likeness (QED) is 0.0161. The number of quaternary nitrogens is 1. The molecule has 0 aromatic carbocycles. The number of allylic oxidation sites excluding steroid dienone is 19. The van der Waals surface area contributed by atoms with Crippen molar-refractivity contribution in [1.82, 2.24) is 5.32 Å². The molecule has 10 heteroatoms. The van der Waals surface area contributed by atoms with Gasteiger partial charge in [-0.2, -0.15) is 0 Å². The van der Waals surface area contributed by atoms with Gasteiger partial charge in [-0.1, -0.05) is 226 Å². The molecule has 0 heterocycles. The number of phosphoric acid groups is 1. The molecular formula is C64H109N2O7P. The van der Waals surface area contributed by atoms with Gasteiger partial charge in [-0.05, 0) is 102 Å². The third-order valence-electron chi connectivity index (χ3n) is 12.2. The summed E-state index contributed by atoms with van der Waals surface area (Å²) in [5, 5.41) is 3.00. The fourth-order valence-corrected chi connectivity index (χ4v) is 8.42. The summed E-state index contributed by atoms with van der Waals surface area (Å²) in [5.74, 6) is -0.605. The lowest BCUT2D eigenvalue weighted by Gasteiger charge is -2.30. The lowest BCUT2D eigenvalue weighted by Crippen LogP contribution is -2.47. The van der Waals surface area contributed by atoms with E-state index < -0.39 is 26.6 Å². The Morgan fingerprint density at radius 2 is 0.932 bits per heavy atom. The summed E-state index contributed by atoms with van der Waals surface area (Å²) in [6.45, 7) is 6.53. The summed E-state index contributed by atoms with van der Waals surface area (Å²) >= 11 is 0. The van der Waals surface area contributed by atoms with E-state index >= 15 is 0 Å². The average Bonchev–Trinajstić information content (AvgIpc) is 3.36. The fourth-order valence-electron chi connectivity index (χ4n) is 7.70. The second kappa shape index (κ2) is 52.8. The molecule has 0 aromatic heterocycles. The third-order valence-corrected chi connectivity index (χ3v) is 13.2. The topological polar surface area (TPSA) is 114 Å². The first-order valence-electron chi connectivity index (χ1n) is 29.4. The molecule has 3 unspecified atom stereocenters. The summed E-state index contributed by atoms with van der Waals surface area (Å²) in [4.78, 5) is 39.9. The number of carbonyl (C=O) groups excluding carboxylic acids is 2. The molecule has 3 atom stereocenters. The van der Waals surface area contributed by atoms with Crippen LogP contribution in [0, 0.1) is 0 Å². The van der Waals surface area contributed by atoms with Crippen molar-refractivity contribution < 1.29 is 37.3 Å². The van der Waals surface area contributed by atoms with Crippen LogP contribution in [0.15, 0.2) is 122 Å². The first-order chi connectivity index (χ1) is 35.9. The number of amides is 1. The van der Waals surface area contributed by atoms with Crippen LogP contribution in [0.3, 0.4) is 0 Å². The Hall–Kier alpha value is -3.59. The molecule has 0 bridgehead atoms. The van der Waals surface area contributed by atoms with E-state index in [-0.39, 0.29) is 31.3 Å². The minimum atomic E-state index is -4.72. The molecule has 0 aliphatic carbocycles. The number of rotatable bonds is 51. The van der Waals surface area contributed by atoms with Crippen molar-refractivity contribution in [3.8, 4) is 0 Å². The number of phosphoric ester groups is 1. The highest BCUT2D eigenvalue weighted by molar-refractivity contribution is 7.45. The number of hydrogen-bond acceptors (Lipinski definition) is 7. The van der Waals surface area contributed by atoms with E-state index in [2.05, 4.69) is 129 Å². The number of nitrogens with zero attached hydrogens (tertiary/aromatic N) is 1. The smallest absolute Gasteiger partial charge is 0.306 e. The Bertz CT molecular complexity index is 1680. The zero-order chi connectivity index (χ0) is 54.3. The average molecular weight is 1050 g/mol. The molecule has 1 amide bonds. The maximum Gasteiger partial charge on any atom is 0.306 e. The van der Waals surface area contributed by atoms with E-state index in [1.54, 1.807) is 0 Å². The van der Waals surface area contributed by atoms with E-state index in [1.165, 1.54) is 51.4 Å². The van der Waals surface area contributed by atoms with Gasteiger partial charge in [0.25, 0.3) is 7.82 Å². The van der Waals surface area contributed by atoms with E-state index in [9.17, 15) is 19.0 Å². The number of ether oxygens (including phenoxy) is 1. The second-order valence-corrected chi connectivity index (χ2v) is 21.9. The first kappa shape index (κ1) is 70.4. The van der Waals surface area contributed by atoms with Gasteiger partial charge in [-0.25, -0.2) is 0 Å². The molecule has 0 fully saturated rings. The number of carbonyl (C=O) groups is 2. The summed E-state index contributed by atoms with van der Waals surface area (Å²) in [7, 11) is 1.13. The van der Waals surface area contributed by atoms with E-state index in [0.29, 0.717) is 23.9 Å². The van der Waals surface area contributed by atoms with Crippen molar-refractivity contribution in [2.45, 2.75) is 232 Å². The van der Waals surface area contributed by atoms with Crippen LogP contribution in [0.25, 0.3) is 0 Å². The van der Waals surface area contributed by atoms with Gasteiger partial charge >= 0.3 is 5.97 Å². The van der Waals surface area contributed by atoms with Crippen LogP contribution in [-0.4, -0.2) is 69.4 Å². The summed E-state index contributed by atoms with van der Waals surface area (Å²) in [6, 6.07) is -0.918. The first-order valence-corrected chi connectivity index (χ1v) is 30.8. The molecule has 0 saturated carbocycles. The molecular weight excluding hydrogens is 940 g/mol. The molecule has 1 N–H and O–H groups in total. The third kappa shape index (κ3) is 53.2. The monoisotopic (exact) mass is 1050 g/mol. The number of esters is 1. The molecule has 74 heavy (non-hydrogen) atoms. The summed E-state index contributed by atoms with van der Waals surface area (Å²) < 4.78 is 30.2. The van der Waals surface area contributed by atoms with Crippen LogP contribution in [-0.2, 0) is 27.9 Å². The molecule has 0 aliphatic heterocycles. The zero-order valence-electron chi connectivity index (χ0n) is 48.0. The Labute approximate surface area is 454 Å². The van der Waals surface area contributed by atoms with Crippen LogP contribution in [0.1, 0.15) is 220 Å². The van der Waals surface area contributed by atoms with Gasteiger partial charge in [0, 0.05) is 12.8 Å². The van der Waals surface area contributed by atoms with Crippen molar-refractivity contribution in [3.05, 3.63) is 122 Å². The normalized spacial score (nSPS) is 14.6. The molecule has 0 aromatic rings. The summed E-state index contributed by atoms with van der Waals surface area (Å²) in [6.07, 6.45) is 73.1. The molecule has 0 spiro atoms. The van der Waals surface area contributed by atoms with Crippen molar-refractivity contribution in [2.24, 2.45) is 0 Å². The van der Waals surface area contributed by atoms with Crippen LogP contribution in [0.4, 0.5) is 0 Å². The maximum atomic E-state index is 13.5. The van der Waals surface area contributed by atoms with Crippen LogP contribution in [0.2, 0.25) is 0 Å². The predicted octanol–water partition coefficient (Wildman–Crippen LogP) is 17.3. The van der Waals surface area contributed by atoms with E-state index in [0.717, 1.165) is 122 Å². The Morgan fingerprint density at radius 1 is 0.500 bits per heavy atom. The molecule has 422 valence electrons. The highest BCUT2D eigenvalue weighted by Gasteiger charge is 2.27. The van der Waals surface area contributed by atoms with Crippen molar-refractivity contribution in [2.75, 3.05) is 40.9 Å². The van der Waals surface area contributed by atoms with Crippen LogP contribution < -0.4 is 10.2 Å². The van der Waals surface area contributed by atoms with Gasteiger partial charge in [0.1, 0.15) is 19.3 Å². The Kier molecular flexibility index (Phi) is 50.3. The van der Waals surface area contributed by atoms with E-state index in [4.69, 9.17) is 13.8 Å². The van der Waals surface area contributed by atoms with Crippen LogP contribution >= 0.6 is 7.82 Å². The molecule has 9 nitrogen and oxygen atoms in total. The molecule has 0 radical (unpaired) electrons. The summed E-state index contributed by atoms with van der Waals surface area (Å²) in [5.41, 5.74) is 0. The minimum Gasteiger partial charge on any atom is -0.756 e. The Balaban J connectivity index is 5.34. The van der Waals surface area contributed by atoms with Gasteiger partial charge in [0.15, 0.2) is 0 Å². The lowest BCUT2D eigenvalue weighted by molar-refractivity contribution is -0.870. The molecule has 0 saturated heterocycles. The van der Waals surface area contributed by atoms with Crippen molar-refractivity contribution in [1.29, 1.82) is 0 Å². The lowest BCUT2D eigenvalue weighted by atomic mass is 10.0. The standard InChI is InChI=1S/C64H109N2O7P/c1-7-10-13-16-19-22-25-28-29-30-31-32-33-34-35-36-37-39-41-44-47-50-53-56-63(67)65-61(60-72-74(69,70)71-59-58-66(4,5)6)62(55-52-49-46-43-40-27-24-21-18-15-12-9-3)73-64(68)57-54-51-48-45-42-38-26-23-20-17-14-11-8-2/h10-11,13-14,17,19-20,22-23,26,28-29,31-32,34-35,37,39,52,55,61-62H,7-9,12,15-16,18,21,24-25,27,30,33,36,38,40-51,53-54,56-60H2,1-6H3,(H-,65,67,69,70)/b13-10-,14-11+,20-17+,22-19-,26-23-,29-28-,32-31-,35-34-,39-37-,55-52-. The maximum absolute atomic E-state index is 13.5. The SMILES string of the molecule is CC/C=C\C/C=C\C/C=C\C/C=C\C/C=C\C/C=C\CCCCCCC(=O)NC(COP(=O)([O-])OCC[N+](C)(C)C)C(/C=C\CCCCCCCCCCCC)OC(=O)CCCCCCC\C=C/C=C/C=C/CC. The predicted molar refractivity (Wildman–Crippen MR) is 316 cm³/mol. The van der Waals surface area contributed by atoms with Gasteiger partial charge in [-0.15, -0.1) is 0 Å². The number of hydrogen-bond donors (Lipinski definition) is 1. The Morgan fingerprint density at radius 3 is 1.45 bits per heavy atom. The van der Waals surface area contributed by atoms with Crippen molar-refractivity contribution in [3.63, 3.8) is 0 Å². The second-order valence-electron chi connectivity index (χ2n) is 20.4. The number of unbranched alkanes of at least 4 members (excludes halogenated alkanes) is 19. The zero-order valence-corrected chi connectivity index (χ0v) is 48.9. The van der Waals surface area contributed by atoms with E-state index in [1.807, 2.05) is 39.4 Å². The molecule has 0 aliphatic rings. The fraction of sp³-hybridized carbons (Fsp3) is 0.656. The van der Waals surface area contributed by atoms with Crippen molar-refractivity contribution >= 4 is 19.7 Å². The number of nitrogens with one attached hydrogen (secondary N) is 1. The van der Waals surface area contributed by atoms with Crippen LogP contribution in [0.5, 0.6) is 0 Å². The largest absolute Gasteiger partial charge is 0.756 e. The minimum absolute atomic E-state index is 0.0381. The highest BCUT2D eigenvalue weighted by Crippen LogP contribution is 2.38. The van der Waals surface area contributed by atoms with Gasteiger partial charge in [0.2, 0.25) is 5.91 Å². The molecule has 0 rings (SSSR count).